The van der Waals surface area contributed by atoms with Crippen LogP contribution >= 0.6 is 22.7 Å². The van der Waals surface area contributed by atoms with Crippen molar-refractivity contribution in [2.24, 2.45) is 26.4 Å². The van der Waals surface area contributed by atoms with E-state index in [0.29, 0.717) is 5.13 Å². The van der Waals surface area contributed by atoms with Crippen molar-refractivity contribution in [3.63, 3.8) is 0 Å². The number of nitrogens with zero attached hydrogens (tertiary/aromatic N) is 6. The van der Waals surface area contributed by atoms with Gasteiger partial charge in [0.25, 0.3) is 0 Å². The molecule has 0 aliphatic carbocycles. The van der Waals surface area contributed by atoms with Crippen LogP contribution in [0.2, 0.25) is 0 Å². The van der Waals surface area contributed by atoms with Crippen LogP contribution in [0.1, 0.15) is 47.0 Å². The van der Waals surface area contributed by atoms with Crippen LogP contribution in [0.5, 0.6) is 5.75 Å². The Morgan fingerprint density at radius 2 is 1.54 bits per heavy atom. The van der Waals surface area contributed by atoms with Crippen molar-refractivity contribution in [3.8, 4) is 5.75 Å². The van der Waals surface area contributed by atoms with Crippen molar-refractivity contribution < 1.29 is 4.74 Å². The Morgan fingerprint density at radius 1 is 0.865 bits per heavy atom. The Balaban J connectivity index is 1.31. The highest BCUT2D eigenvalue weighted by atomic mass is 32.1. The zero-order chi connectivity index (χ0) is 26.0. The van der Waals surface area contributed by atoms with Gasteiger partial charge in [-0.1, -0.05) is 42.9 Å². The molecule has 1 unspecified atom stereocenters. The minimum absolute atomic E-state index is 0.636. The van der Waals surface area contributed by atoms with Gasteiger partial charge in [-0.2, -0.15) is 0 Å². The third kappa shape index (κ3) is 7.66. The molecular weight excluding hydrogens is 500 g/mol. The molecule has 9 heteroatoms. The molecule has 37 heavy (non-hydrogen) atoms. The van der Waals surface area contributed by atoms with Gasteiger partial charge < -0.3 is 9.64 Å². The second-order valence-electron chi connectivity index (χ2n) is 8.84. The topological polar surface area (TPSA) is 74.8 Å². The monoisotopic (exact) mass is 534 g/mol. The summed E-state index contributed by atoms with van der Waals surface area (Å²) in [5.74, 6) is 1.62. The summed E-state index contributed by atoms with van der Waals surface area (Å²) in [6.07, 6.45) is 3.50. The molecule has 0 aliphatic heterocycles. The van der Waals surface area contributed by atoms with Crippen LogP contribution < -0.4 is 9.64 Å². The zero-order valence-electron chi connectivity index (χ0n) is 21.9. The normalized spacial score (nSPS) is 12.6. The Hall–Kier alpha value is -3.17. The molecule has 2 aromatic carbocycles. The fourth-order valence-corrected chi connectivity index (χ4v) is 5.61. The first-order valence-electron chi connectivity index (χ1n) is 12.9. The van der Waals surface area contributed by atoms with E-state index >= 15 is 0 Å². The number of thiazole rings is 1. The highest BCUT2D eigenvalue weighted by molar-refractivity contribution is 7.30. The van der Waals surface area contributed by atoms with Crippen LogP contribution in [0.25, 0.3) is 9.53 Å². The van der Waals surface area contributed by atoms with Crippen molar-refractivity contribution in [2.75, 3.05) is 24.6 Å². The van der Waals surface area contributed by atoms with Crippen molar-refractivity contribution in [1.82, 2.24) is 4.98 Å². The molecule has 0 amide bonds. The van der Waals surface area contributed by atoms with Gasteiger partial charge in [-0.3, -0.25) is 0 Å². The maximum Gasteiger partial charge on any atom is 0.231 e. The molecular formula is C28H34N6OS2. The van der Waals surface area contributed by atoms with Crippen LogP contribution in [0.3, 0.4) is 0 Å². The highest BCUT2D eigenvalue weighted by Gasteiger charge is 2.09. The van der Waals surface area contributed by atoms with E-state index < -0.39 is 0 Å². The fraction of sp³-hybridized carbons (Fsp3) is 0.393. The maximum absolute atomic E-state index is 5.84. The first kappa shape index (κ1) is 26.9. The van der Waals surface area contributed by atoms with E-state index in [2.05, 4.69) is 70.2 Å². The Bertz CT molecular complexity index is 1280. The van der Waals surface area contributed by atoms with Gasteiger partial charge in [-0.25, -0.2) is 4.98 Å². The van der Waals surface area contributed by atoms with Gasteiger partial charge in [0, 0.05) is 18.8 Å². The van der Waals surface area contributed by atoms with Gasteiger partial charge in [0.15, 0.2) is 0 Å². The Morgan fingerprint density at radius 3 is 2.19 bits per heavy atom. The molecule has 0 aliphatic rings. The van der Waals surface area contributed by atoms with Crippen molar-refractivity contribution >= 4 is 59.4 Å². The predicted molar refractivity (Wildman–Crippen MR) is 156 cm³/mol. The second kappa shape index (κ2) is 13.4. The van der Waals surface area contributed by atoms with Gasteiger partial charge in [0.1, 0.15) is 15.6 Å². The van der Waals surface area contributed by atoms with E-state index in [9.17, 15) is 0 Å². The third-order valence-corrected chi connectivity index (χ3v) is 8.13. The number of aromatic nitrogens is 1. The molecule has 2 heterocycles. The number of hydrogen-bond acceptors (Lipinski definition) is 9. The quantitative estimate of drug-likeness (QED) is 0.126. The summed E-state index contributed by atoms with van der Waals surface area (Å²) in [7, 11) is 0. The number of hydrogen-bond donors (Lipinski definition) is 0. The second-order valence-corrected chi connectivity index (χ2v) is 10.9. The molecule has 0 spiro atoms. The average molecular weight is 535 g/mol. The summed E-state index contributed by atoms with van der Waals surface area (Å²) in [5, 5.41) is 18.9. The predicted octanol–water partition coefficient (Wildman–Crippen LogP) is 10.2. The van der Waals surface area contributed by atoms with E-state index in [1.54, 1.807) is 0 Å². The fourth-order valence-electron chi connectivity index (χ4n) is 3.77. The lowest BCUT2D eigenvalue weighted by molar-refractivity contribution is 0.294. The highest BCUT2D eigenvalue weighted by Crippen LogP contribution is 2.39. The van der Waals surface area contributed by atoms with Gasteiger partial charge in [-0.15, -0.1) is 20.5 Å². The summed E-state index contributed by atoms with van der Waals surface area (Å²) < 4.78 is 6.87. The molecule has 4 rings (SSSR count). The molecule has 194 valence electrons. The summed E-state index contributed by atoms with van der Waals surface area (Å²) >= 11 is 3.00. The largest absolute Gasteiger partial charge is 0.494 e. The van der Waals surface area contributed by atoms with Gasteiger partial charge >= 0.3 is 0 Å². The van der Waals surface area contributed by atoms with Crippen molar-refractivity contribution in [3.05, 3.63) is 54.6 Å². The number of thiophene rings is 1. The Labute approximate surface area is 227 Å². The van der Waals surface area contributed by atoms with E-state index in [1.165, 1.54) is 41.2 Å². The van der Waals surface area contributed by atoms with Crippen LogP contribution in [0, 0.1) is 5.92 Å². The number of azo groups is 2. The van der Waals surface area contributed by atoms with E-state index in [-0.39, 0.29) is 0 Å². The molecule has 2 aromatic heterocycles. The standard InChI is InChI=1S/C28H34N6OS2/c1-5-20(4)9-8-18-35-24-16-12-22(13-17-24)30-32-26-19-25-27(37-26)29-28(36-25)33-31-21-10-14-23(15-11-21)34(6-2)7-3/h10-17,19-20H,5-9,18H2,1-4H3. The van der Waals surface area contributed by atoms with Gasteiger partial charge in [0.05, 0.1) is 22.7 Å². The summed E-state index contributed by atoms with van der Waals surface area (Å²) in [6.45, 7) is 11.5. The number of benzene rings is 2. The maximum atomic E-state index is 5.84. The summed E-state index contributed by atoms with van der Waals surface area (Å²) in [5.41, 5.74) is 2.79. The summed E-state index contributed by atoms with van der Waals surface area (Å²) in [6, 6.07) is 17.9. The van der Waals surface area contributed by atoms with Crippen LogP contribution in [-0.2, 0) is 0 Å². The number of fused-ring (bicyclic) bond motifs is 1. The molecule has 0 saturated heterocycles. The number of anilines is 1. The SMILES string of the molecule is CCC(C)CCCOc1ccc(N=Nc2cc3sc(N=Nc4ccc(N(CC)CC)cc4)nc3s2)cc1. The minimum Gasteiger partial charge on any atom is -0.494 e. The molecule has 1 atom stereocenters. The van der Waals surface area contributed by atoms with Gasteiger partial charge in [0.2, 0.25) is 5.13 Å². The van der Waals surface area contributed by atoms with E-state index in [0.717, 1.165) is 63.7 Å². The van der Waals surface area contributed by atoms with Crippen molar-refractivity contribution in [1.29, 1.82) is 0 Å². The van der Waals surface area contributed by atoms with E-state index in [4.69, 9.17) is 4.74 Å². The Kier molecular flexibility index (Phi) is 9.73. The third-order valence-electron chi connectivity index (χ3n) is 6.20. The van der Waals surface area contributed by atoms with E-state index in [1.807, 2.05) is 42.5 Å². The lowest BCUT2D eigenvalue weighted by atomic mass is 10.0. The molecule has 0 saturated carbocycles. The molecule has 0 bridgehead atoms. The average Bonchev–Trinajstić information content (AvgIpc) is 3.49. The minimum atomic E-state index is 0.636. The molecule has 7 nitrogen and oxygen atoms in total. The lowest BCUT2D eigenvalue weighted by Gasteiger charge is -2.20. The van der Waals surface area contributed by atoms with Crippen LogP contribution in [0.15, 0.2) is 75.1 Å². The first-order chi connectivity index (χ1) is 18.1. The van der Waals surface area contributed by atoms with Gasteiger partial charge in [-0.05, 0) is 87.2 Å². The molecule has 0 N–H and O–H groups in total. The lowest BCUT2D eigenvalue weighted by Crippen LogP contribution is -2.21. The van der Waals surface area contributed by atoms with Crippen LogP contribution in [-0.4, -0.2) is 24.7 Å². The molecule has 4 aromatic rings. The molecule has 0 fully saturated rings. The zero-order valence-corrected chi connectivity index (χ0v) is 23.6. The smallest absolute Gasteiger partial charge is 0.231 e. The number of ether oxygens (including phenoxy) is 1. The van der Waals surface area contributed by atoms with Crippen molar-refractivity contribution in [2.45, 2.75) is 47.0 Å². The number of rotatable bonds is 13. The first-order valence-corrected chi connectivity index (χ1v) is 14.5. The van der Waals surface area contributed by atoms with Crippen LogP contribution in [0.4, 0.5) is 27.2 Å². The molecule has 0 radical (unpaired) electrons. The summed E-state index contributed by atoms with van der Waals surface area (Å²) in [4.78, 5) is 7.78.